The molecule has 0 aliphatic heterocycles. The summed E-state index contributed by atoms with van der Waals surface area (Å²) in [7, 11) is 0. The molecule has 8 aromatic rings. The van der Waals surface area contributed by atoms with Gasteiger partial charge in [0.1, 0.15) is 0 Å². The van der Waals surface area contributed by atoms with E-state index in [4.69, 9.17) is 0 Å². The average molecular weight is 574 g/mol. The molecule has 0 saturated carbocycles. The van der Waals surface area contributed by atoms with E-state index in [-0.39, 0.29) is 0 Å². The highest BCUT2D eigenvalue weighted by Gasteiger charge is 2.21. The van der Waals surface area contributed by atoms with Gasteiger partial charge in [-0.05, 0) is 68.2 Å². The molecule has 1 nitrogen and oxygen atoms in total. The summed E-state index contributed by atoms with van der Waals surface area (Å²) in [6.45, 7) is 0. The van der Waals surface area contributed by atoms with Crippen molar-refractivity contribution in [2.75, 3.05) is 4.90 Å². The summed E-state index contributed by atoms with van der Waals surface area (Å²) in [5, 5.41) is 4.93. The maximum absolute atomic E-state index is 2.44. The van der Waals surface area contributed by atoms with Crippen LogP contribution < -0.4 is 4.90 Å². The largest absolute Gasteiger partial charge is 0.309 e. The molecule has 1 heteroatoms. The second-order valence-corrected chi connectivity index (χ2v) is 11.3. The quantitative estimate of drug-likeness (QED) is 0.191. The third kappa shape index (κ3) is 4.95. The van der Waals surface area contributed by atoms with E-state index in [1.807, 2.05) is 0 Å². The fourth-order valence-electron chi connectivity index (χ4n) is 6.58. The molecule has 0 heterocycles. The number of hydrogen-bond acceptors (Lipinski definition) is 1. The Hall–Kier alpha value is -5.92. The van der Waals surface area contributed by atoms with Crippen LogP contribution in [0.2, 0.25) is 0 Å². The molecule has 0 spiro atoms. The summed E-state index contributed by atoms with van der Waals surface area (Å²) in [6.07, 6.45) is 0. The van der Waals surface area contributed by atoms with Crippen molar-refractivity contribution in [3.05, 3.63) is 188 Å². The number of anilines is 3. The molecule has 0 radical (unpaired) electrons. The van der Waals surface area contributed by atoms with Gasteiger partial charge in [0.2, 0.25) is 0 Å². The Morgan fingerprint density at radius 1 is 0.289 bits per heavy atom. The minimum Gasteiger partial charge on any atom is -0.309 e. The van der Waals surface area contributed by atoms with Gasteiger partial charge < -0.3 is 4.90 Å². The Morgan fingerprint density at radius 3 is 1.62 bits per heavy atom. The standard InChI is InChI=1S/C44H31N/c1-2-15-32(16-3-1)38-24-8-9-26-41(38)42-27-10-11-29-44(42)45(43-30-14-20-34-18-5-7-25-40(34)43)36-22-12-21-35(31-36)39-28-13-19-33-17-4-6-23-37(33)39/h1-31H. The molecule has 45 heavy (non-hydrogen) atoms. The third-order valence-electron chi connectivity index (χ3n) is 8.66. The van der Waals surface area contributed by atoms with Crippen molar-refractivity contribution in [2.45, 2.75) is 0 Å². The molecule has 8 rings (SSSR count). The summed E-state index contributed by atoms with van der Waals surface area (Å²) in [6, 6.07) is 67.7. The van der Waals surface area contributed by atoms with E-state index >= 15 is 0 Å². The van der Waals surface area contributed by atoms with Crippen LogP contribution in [0, 0.1) is 0 Å². The molecule has 0 fully saturated rings. The Morgan fingerprint density at radius 2 is 0.800 bits per heavy atom. The first-order chi connectivity index (χ1) is 22.3. The van der Waals surface area contributed by atoms with Crippen LogP contribution in [-0.2, 0) is 0 Å². The van der Waals surface area contributed by atoms with Crippen molar-refractivity contribution in [2.24, 2.45) is 0 Å². The minimum atomic E-state index is 1.11. The number of benzene rings is 8. The van der Waals surface area contributed by atoms with Gasteiger partial charge in [-0.15, -0.1) is 0 Å². The zero-order valence-electron chi connectivity index (χ0n) is 24.8. The first-order valence-corrected chi connectivity index (χ1v) is 15.5. The molecule has 0 unspecified atom stereocenters. The number of nitrogens with zero attached hydrogens (tertiary/aromatic N) is 1. The third-order valence-corrected chi connectivity index (χ3v) is 8.66. The van der Waals surface area contributed by atoms with Crippen LogP contribution in [0.25, 0.3) is 54.9 Å². The van der Waals surface area contributed by atoms with E-state index in [0.717, 1.165) is 17.1 Å². The van der Waals surface area contributed by atoms with Gasteiger partial charge in [-0.25, -0.2) is 0 Å². The van der Waals surface area contributed by atoms with E-state index in [9.17, 15) is 0 Å². The average Bonchev–Trinajstić information content (AvgIpc) is 3.12. The predicted octanol–water partition coefficient (Wildman–Crippen LogP) is 12.5. The van der Waals surface area contributed by atoms with Crippen molar-refractivity contribution in [3.8, 4) is 33.4 Å². The zero-order chi connectivity index (χ0) is 30.0. The van der Waals surface area contributed by atoms with Crippen LogP contribution in [0.4, 0.5) is 17.1 Å². The summed E-state index contributed by atoms with van der Waals surface area (Å²) in [5.41, 5.74) is 10.6. The summed E-state index contributed by atoms with van der Waals surface area (Å²) < 4.78 is 0. The number of fused-ring (bicyclic) bond motifs is 2. The van der Waals surface area contributed by atoms with Gasteiger partial charge in [-0.3, -0.25) is 0 Å². The van der Waals surface area contributed by atoms with E-state index in [1.165, 1.54) is 54.9 Å². The molecule has 8 aromatic carbocycles. The van der Waals surface area contributed by atoms with Gasteiger partial charge in [-0.2, -0.15) is 0 Å². The number of hydrogen-bond donors (Lipinski definition) is 0. The Bertz CT molecular complexity index is 2270. The summed E-state index contributed by atoms with van der Waals surface area (Å²) in [4.78, 5) is 2.44. The number of para-hydroxylation sites is 1. The molecule has 0 aromatic heterocycles. The lowest BCUT2D eigenvalue weighted by atomic mass is 9.92. The highest BCUT2D eigenvalue weighted by Crippen LogP contribution is 2.46. The van der Waals surface area contributed by atoms with Gasteiger partial charge >= 0.3 is 0 Å². The van der Waals surface area contributed by atoms with Crippen LogP contribution in [0.15, 0.2) is 188 Å². The van der Waals surface area contributed by atoms with Gasteiger partial charge in [0.05, 0.1) is 11.4 Å². The second kappa shape index (κ2) is 11.6. The van der Waals surface area contributed by atoms with E-state index < -0.39 is 0 Å². The second-order valence-electron chi connectivity index (χ2n) is 11.3. The SMILES string of the molecule is c1ccc(-c2ccccc2-c2ccccc2N(c2cccc(-c3cccc4ccccc34)c2)c2cccc3ccccc23)cc1. The smallest absolute Gasteiger partial charge is 0.0540 e. The monoisotopic (exact) mass is 573 g/mol. The first-order valence-electron chi connectivity index (χ1n) is 15.5. The molecule has 0 N–H and O–H groups in total. The molecular weight excluding hydrogens is 542 g/mol. The van der Waals surface area contributed by atoms with Gasteiger partial charge in [0.25, 0.3) is 0 Å². The molecule has 0 saturated heterocycles. The van der Waals surface area contributed by atoms with Crippen LogP contribution in [0.1, 0.15) is 0 Å². The Kier molecular flexibility index (Phi) is 6.90. The fraction of sp³-hybridized carbons (Fsp3) is 0. The van der Waals surface area contributed by atoms with Gasteiger partial charge in [0, 0.05) is 16.6 Å². The fourth-order valence-corrected chi connectivity index (χ4v) is 6.58. The highest BCUT2D eigenvalue weighted by atomic mass is 15.1. The Balaban J connectivity index is 1.39. The van der Waals surface area contributed by atoms with E-state index in [0.29, 0.717) is 0 Å². The number of rotatable bonds is 6. The maximum Gasteiger partial charge on any atom is 0.0540 e. The van der Waals surface area contributed by atoms with Gasteiger partial charge in [0.15, 0.2) is 0 Å². The van der Waals surface area contributed by atoms with Crippen molar-refractivity contribution in [3.63, 3.8) is 0 Å². The summed E-state index contributed by atoms with van der Waals surface area (Å²) in [5.74, 6) is 0. The van der Waals surface area contributed by atoms with Crippen LogP contribution in [-0.4, -0.2) is 0 Å². The molecule has 212 valence electrons. The summed E-state index contributed by atoms with van der Waals surface area (Å²) >= 11 is 0. The van der Waals surface area contributed by atoms with Crippen LogP contribution in [0.5, 0.6) is 0 Å². The molecule has 0 aliphatic carbocycles. The topological polar surface area (TPSA) is 3.24 Å². The Labute approximate surface area is 264 Å². The normalized spacial score (nSPS) is 11.1. The van der Waals surface area contributed by atoms with Crippen molar-refractivity contribution in [1.29, 1.82) is 0 Å². The molecule has 0 atom stereocenters. The minimum absolute atomic E-state index is 1.11. The van der Waals surface area contributed by atoms with Crippen molar-refractivity contribution < 1.29 is 0 Å². The first kappa shape index (κ1) is 26.7. The lowest BCUT2D eigenvalue weighted by Crippen LogP contribution is -2.12. The van der Waals surface area contributed by atoms with E-state index in [1.54, 1.807) is 0 Å². The van der Waals surface area contributed by atoms with Crippen LogP contribution >= 0.6 is 0 Å². The highest BCUT2D eigenvalue weighted by molar-refractivity contribution is 6.03. The van der Waals surface area contributed by atoms with Gasteiger partial charge in [-0.1, -0.05) is 164 Å². The van der Waals surface area contributed by atoms with Crippen LogP contribution in [0.3, 0.4) is 0 Å². The molecule has 0 bridgehead atoms. The lowest BCUT2D eigenvalue weighted by molar-refractivity contribution is 1.30. The lowest BCUT2D eigenvalue weighted by Gasteiger charge is -2.30. The maximum atomic E-state index is 2.44. The van der Waals surface area contributed by atoms with E-state index in [2.05, 4.69) is 193 Å². The predicted molar refractivity (Wildman–Crippen MR) is 192 cm³/mol. The molecule has 0 amide bonds. The molecule has 0 aliphatic rings. The molecular formula is C44H31N. The van der Waals surface area contributed by atoms with Crippen molar-refractivity contribution in [1.82, 2.24) is 0 Å². The van der Waals surface area contributed by atoms with Crippen molar-refractivity contribution >= 4 is 38.6 Å². The zero-order valence-corrected chi connectivity index (χ0v) is 24.8.